The summed E-state index contributed by atoms with van der Waals surface area (Å²) >= 11 is 0. The molecular formula is C35H42N8O8. The molecule has 0 bridgehead atoms. The number of carboxylic acid groups (broad SMARTS) is 1. The number of ether oxygens (including phenoxy) is 2. The number of nitrogens with zero attached hydrogens (tertiary/aromatic N) is 1. The molecule has 1 heterocycles. The van der Waals surface area contributed by atoms with Crippen LogP contribution in [0.15, 0.2) is 73.2 Å². The first-order valence-electron chi connectivity index (χ1n) is 16.4. The third-order valence-electron chi connectivity index (χ3n) is 8.01. The summed E-state index contributed by atoms with van der Waals surface area (Å²) in [6, 6.07) is 12.2. The Balaban J connectivity index is 1.48. The number of aliphatic carboxylic acids is 1. The Morgan fingerprint density at radius 3 is 2.25 bits per heavy atom. The van der Waals surface area contributed by atoms with Crippen LogP contribution in [0, 0.1) is 5.41 Å². The average molecular weight is 703 g/mol. The second kappa shape index (κ2) is 18.5. The summed E-state index contributed by atoms with van der Waals surface area (Å²) in [6.45, 7) is 1.95. The van der Waals surface area contributed by atoms with Crippen molar-refractivity contribution < 1.29 is 38.6 Å². The van der Waals surface area contributed by atoms with E-state index in [1.54, 1.807) is 6.92 Å². The number of guanidine groups is 1. The van der Waals surface area contributed by atoms with Gasteiger partial charge in [0, 0.05) is 31.2 Å². The third kappa shape index (κ3) is 11.2. The summed E-state index contributed by atoms with van der Waals surface area (Å²) in [7, 11) is 0. The first-order chi connectivity index (χ1) is 24.5. The molecule has 0 unspecified atom stereocenters. The van der Waals surface area contributed by atoms with Gasteiger partial charge in [-0.1, -0.05) is 54.6 Å². The van der Waals surface area contributed by atoms with Crippen LogP contribution in [0.25, 0.3) is 11.1 Å². The summed E-state index contributed by atoms with van der Waals surface area (Å²) in [6.07, 6.45) is 4.02. The predicted octanol–water partition coefficient (Wildman–Crippen LogP) is 1.69. The zero-order valence-corrected chi connectivity index (χ0v) is 28.0. The Labute approximate surface area is 294 Å². The van der Waals surface area contributed by atoms with E-state index >= 15 is 0 Å². The summed E-state index contributed by atoms with van der Waals surface area (Å²) in [5.41, 5.74) is 9.95. The van der Waals surface area contributed by atoms with Crippen LogP contribution in [0.2, 0.25) is 0 Å². The largest absolute Gasteiger partial charge is 0.481 e. The fourth-order valence-electron chi connectivity index (χ4n) is 5.70. The standard InChI is InChI=1S/C35H42N8O8/c1-2-50-31(46)14-13-21(17-30(44)45)41-33(48)29(16-22-18-38-20-40-22)42-32(47)28(12-7-15-39-34(36)37)43-35(49)51-19-27-25-10-5-3-8-23(25)24-9-4-6-11-26(24)27/h3-6,8-11,13-14,18,20-21,27-29H,2,7,12,15-17,19H2,1H3,(H,38,40)(H,41,48)(H,42,47)(H,43,49)(H,44,45)(H4,36,37,39)/b14-13+/t21-,28+,29-/m1/s1. The van der Waals surface area contributed by atoms with Crippen molar-refractivity contribution in [1.82, 2.24) is 31.2 Å². The number of hydrogen-bond acceptors (Lipinski definition) is 9. The van der Waals surface area contributed by atoms with Gasteiger partial charge in [0.25, 0.3) is 0 Å². The minimum Gasteiger partial charge on any atom is -0.481 e. The third-order valence-corrected chi connectivity index (χ3v) is 8.01. The average Bonchev–Trinajstić information content (AvgIpc) is 3.73. The van der Waals surface area contributed by atoms with E-state index in [4.69, 9.17) is 20.6 Å². The van der Waals surface area contributed by atoms with Crippen molar-refractivity contribution in [1.29, 1.82) is 5.41 Å². The van der Waals surface area contributed by atoms with E-state index in [0.29, 0.717) is 12.1 Å². The number of nitrogens with one attached hydrogen (secondary N) is 6. The first-order valence-corrected chi connectivity index (χ1v) is 16.4. The van der Waals surface area contributed by atoms with E-state index in [9.17, 15) is 29.1 Å². The number of aromatic amines is 1. The number of esters is 1. The molecule has 51 heavy (non-hydrogen) atoms. The van der Waals surface area contributed by atoms with E-state index in [1.807, 2.05) is 48.5 Å². The molecule has 3 amide bonds. The van der Waals surface area contributed by atoms with Crippen LogP contribution in [0.3, 0.4) is 0 Å². The Bertz CT molecular complexity index is 1680. The highest BCUT2D eigenvalue weighted by atomic mass is 16.5. The Morgan fingerprint density at radius 2 is 1.65 bits per heavy atom. The van der Waals surface area contributed by atoms with E-state index < -0.39 is 54.4 Å². The molecule has 4 rings (SSSR count). The Hall–Kier alpha value is -6.19. The molecule has 0 spiro atoms. The maximum atomic E-state index is 13.7. The summed E-state index contributed by atoms with van der Waals surface area (Å²) in [5.74, 6) is -3.92. The van der Waals surface area contributed by atoms with Gasteiger partial charge in [-0.25, -0.2) is 14.6 Å². The molecule has 1 aromatic heterocycles. The lowest BCUT2D eigenvalue weighted by atomic mass is 9.98. The number of alkyl carbamates (subject to hydrolysis) is 1. The minimum atomic E-state index is -1.27. The van der Waals surface area contributed by atoms with Gasteiger partial charge in [0.05, 0.1) is 31.1 Å². The van der Waals surface area contributed by atoms with Gasteiger partial charge in [-0.15, -0.1) is 0 Å². The van der Waals surface area contributed by atoms with Crippen molar-refractivity contribution >= 4 is 35.8 Å². The van der Waals surface area contributed by atoms with Gasteiger partial charge in [-0.05, 0) is 42.0 Å². The topological polar surface area (TPSA) is 251 Å². The highest BCUT2D eigenvalue weighted by Gasteiger charge is 2.31. The number of benzene rings is 2. The number of carbonyl (C=O) groups excluding carboxylic acids is 4. The molecule has 0 fully saturated rings. The molecule has 0 radical (unpaired) electrons. The lowest BCUT2D eigenvalue weighted by molar-refractivity contribution is -0.139. The van der Waals surface area contributed by atoms with Crippen LogP contribution >= 0.6 is 0 Å². The normalized spacial score (nSPS) is 13.6. The molecule has 0 saturated heterocycles. The molecule has 9 N–H and O–H groups in total. The summed E-state index contributed by atoms with van der Waals surface area (Å²) in [5, 5.41) is 27.3. The molecule has 16 heteroatoms. The molecule has 16 nitrogen and oxygen atoms in total. The smallest absolute Gasteiger partial charge is 0.407 e. The molecule has 1 aliphatic rings. The molecule has 1 aliphatic carbocycles. The number of carboxylic acids is 1. The van der Waals surface area contributed by atoms with Gasteiger partial charge in [0.1, 0.15) is 18.7 Å². The highest BCUT2D eigenvalue weighted by Crippen LogP contribution is 2.44. The quantitative estimate of drug-likeness (QED) is 0.0311. The maximum absolute atomic E-state index is 13.7. The lowest BCUT2D eigenvalue weighted by Crippen LogP contribution is -2.55. The van der Waals surface area contributed by atoms with Crippen LogP contribution in [-0.2, 0) is 35.1 Å². The van der Waals surface area contributed by atoms with Crippen LogP contribution in [0.1, 0.15) is 48.9 Å². The lowest BCUT2D eigenvalue weighted by Gasteiger charge is -2.24. The van der Waals surface area contributed by atoms with Gasteiger partial charge in [-0.2, -0.15) is 0 Å². The fourth-order valence-corrected chi connectivity index (χ4v) is 5.70. The number of amides is 3. The van der Waals surface area contributed by atoms with Gasteiger partial charge in [-0.3, -0.25) is 19.8 Å². The highest BCUT2D eigenvalue weighted by molar-refractivity contribution is 5.92. The molecule has 3 atom stereocenters. The van der Waals surface area contributed by atoms with Gasteiger partial charge in [0.15, 0.2) is 5.96 Å². The van der Waals surface area contributed by atoms with Crippen molar-refractivity contribution in [3.8, 4) is 11.1 Å². The van der Waals surface area contributed by atoms with Crippen molar-refractivity contribution in [3.05, 3.63) is 90.0 Å². The number of H-pyrrole nitrogens is 1. The van der Waals surface area contributed by atoms with Crippen molar-refractivity contribution in [2.75, 3.05) is 19.8 Å². The second-order valence-electron chi connectivity index (χ2n) is 11.7. The molecule has 0 saturated carbocycles. The number of nitrogens with two attached hydrogens (primary N) is 1. The predicted molar refractivity (Wildman–Crippen MR) is 185 cm³/mol. The SMILES string of the molecule is CCOC(=O)/C=C/[C@H](CC(=O)O)NC(=O)[C@@H](Cc1c[nH]cn1)NC(=O)[C@H](CCCNC(=N)N)NC(=O)OCC1c2ccccc2-c2ccccc21. The summed E-state index contributed by atoms with van der Waals surface area (Å²) < 4.78 is 10.5. The molecule has 3 aromatic rings. The van der Waals surface area contributed by atoms with E-state index in [-0.39, 0.29) is 44.5 Å². The number of rotatable bonds is 18. The first kappa shape index (κ1) is 37.6. The van der Waals surface area contributed by atoms with Crippen LogP contribution in [0.5, 0.6) is 0 Å². The molecule has 2 aromatic carbocycles. The maximum Gasteiger partial charge on any atom is 0.407 e. The number of aromatic nitrogens is 2. The monoisotopic (exact) mass is 702 g/mol. The number of fused-ring (bicyclic) bond motifs is 3. The van der Waals surface area contributed by atoms with Gasteiger partial charge < -0.3 is 46.6 Å². The van der Waals surface area contributed by atoms with Crippen LogP contribution in [-0.4, -0.2) is 88.8 Å². The molecule has 270 valence electrons. The van der Waals surface area contributed by atoms with Crippen molar-refractivity contribution in [2.24, 2.45) is 5.73 Å². The zero-order valence-electron chi connectivity index (χ0n) is 28.0. The second-order valence-corrected chi connectivity index (χ2v) is 11.7. The zero-order chi connectivity index (χ0) is 36.8. The van der Waals surface area contributed by atoms with Crippen LogP contribution < -0.4 is 27.0 Å². The summed E-state index contributed by atoms with van der Waals surface area (Å²) in [4.78, 5) is 70.7. The van der Waals surface area contributed by atoms with Crippen LogP contribution in [0.4, 0.5) is 4.79 Å². The minimum absolute atomic E-state index is 0.00850. The van der Waals surface area contributed by atoms with E-state index in [2.05, 4.69) is 31.2 Å². The number of carbonyl (C=O) groups is 5. The van der Waals surface area contributed by atoms with Crippen molar-refractivity contribution in [3.63, 3.8) is 0 Å². The van der Waals surface area contributed by atoms with Gasteiger partial charge in [0.2, 0.25) is 11.8 Å². The molecular weight excluding hydrogens is 660 g/mol. The Kier molecular flexibility index (Phi) is 13.7. The number of imidazole rings is 1. The fraction of sp³-hybridized carbons (Fsp3) is 0.343. The number of hydrogen-bond donors (Lipinski definition) is 8. The van der Waals surface area contributed by atoms with Gasteiger partial charge >= 0.3 is 18.0 Å². The van der Waals surface area contributed by atoms with E-state index in [0.717, 1.165) is 28.3 Å². The Morgan fingerprint density at radius 1 is 0.980 bits per heavy atom. The molecule has 0 aliphatic heterocycles. The van der Waals surface area contributed by atoms with E-state index in [1.165, 1.54) is 18.6 Å². The van der Waals surface area contributed by atoms with Crippen molar-refractivity contribution in [2.45, 2.75) is 56.7 Å².